The van der Waals surface area contributed by atoms with Crippen molar-refractivity contribution < 1.29 is 14.8 Å². The number of nitro groups is 1. The summed E-state index contributed by atoms with van der Waals surface area (Å²) < 4.78 is 0. The lowest BCUT2D eigenvalue weighted by Gasteiger charge is -1.98. The van der Waals surface area contributed by atoms with E-state index < -0.39 is 16.9 Å². The molecule has 1 atom stereocenters. The molecule has 5 nitrogen and oxygen atoms in total. The van der Waals surface area contributed by atoms with E-state index in [1.54, 1.807) is 0 Å². The second-order valence-corrected chi connectivity index (χ2v) is 2.56. The third kappa shape index (κ3) is 3.70. The molecular formula is C7H11NO4. The van der Waals surface area contributed by atoms with Gasteiger partial charge in [-0.25, -0.2) is 4.79 Å². The standard InChI is InChI=1S/C7H11NO4/c1-5(7(9)10)3-4-6(2)8(11)12/h3,6H,4H2,1-2H3,(H,9,10). The van der Waals surface area contributed by atoms with Crippen LogP contribution in [-0.2, 0) is 4.79 Å². The molecule has 68 valence electrons. The lowest BCUT2D eigenvalue weighted by molar-refractivity contribution is -0.517. The second kappa shape index (κ2) is 4.48. The Morgan fingerprint density at radius 2 is 2.25 bits per heavy atom. The van der Waals surface area contributed by atoms with Crippen molar-refractivity contribution in [2.24, 2.45) is 0 Å². The molecule has 1 N–H and O–H groups in total. The number of rotatable bonds is 4. The summed E-state index contributed by atoms with van der Waals surface area (Å²) in [5, 5.41) is 18.5. The van der Waals surface area contributed by atoms with Crippen LogP contribution in [-0.4, -0.2) is 22.0 Å². The van der Waals surface area contributed by atoms with Crippen LogP contribution in [0.25, 0.3) is 0 Å². The molecular weight excluding hydrogens is 162 g/mol. The molecule has 5 heteroatoms. The van der Waals surface area contributed by atoms with Crippen molar-refractivity contribution >= 4 is 5.97 Å². The molecule has 0 aliphatic rings. The summed E-state index contributed by atoms with van der Waals surface area (Å²) in [6, 6.07) is -0.723. The van der Waals surface area contributed by atoms with Crippen molar-refractivity contribution in [2.75, 3.05) is 0 Å². The van der Waals surface area contributed by atoms with Crippen molar-refractivity contribution in [3.8, 4) is 0 Å². The first-order chi connectivity index (χ1) is 5.45. The van der Waals surface area contributed by atoms with E-state index in [9.17, 15) is 14.9 Å². The van der Waals surface area contributed by atoms with E-state index in [0.29, 0.717) is 0 Å². The fourth-order valence-corrected chi connectivity index (χ4v) is 0.521. The Balaban J connectivity index is 4.04. The lowest BCUT2D eigenvalue weighted by Crippen LogP contribution is -2.13. The molecule has 0 rings (SSSR count). The smallest absolute Gasteiger partial charge is 0.330 e. The molecule has 0 aromatic rings. The van der Waals surface area contributed by atoms with Gasteiger partial charge in [-0.3, -0.25) is 10.1 Å². The van der Waals surface area contributed by atoms with Gasteiger partial charge >= 0.3 is 5.97 Å². The number of carbonyl (C=O) groups is 1. The monoisotopic (exact) mass is 173 g/mol. The van der Waals surface area contributed by atoms with Crippen LogP contribution in [0.5, 0.6) is 0 Å². The van der Waals surface area contributed by atoms with E-state index in [0.717, 1.165) is 0 Å². The highest BCUT2D eigenvalue weighted by molar-refractivity contribution is 5.85. The molecule has 0 bridgehead atoms. The third-order valence-electron chi connectivity index (χ3n) is 1.46. The van der Waals surface area contributed by atoms with Crippen LogP contribution < -0.4 is 0 Å². The van der Waals surface area contributed by atoms with E-state index in [4.69, 9.17) is 5.11 Å². The SMILES string of the molecule is CC(=CCC(C)[N+](=O)[O-])C(=O)O. The van der Waals surface area contributed by atoms with E-state index >= 15 is 0 Å². The minimum absolute atomic E-state index is 0.142. The van der Waals surface area contributed by atoms with Gasteiger partial charge < -0.3 is 5.11 Å². The third-order valence-corrected chi connectivity index (χ3v) is 1.46. The summed E-state index contributed by atoms with van der Waals surface area (Å²) in [7, 11) is 0. The molecule has 0 heterocycles. The normalized spacial score (nSPS) is 14.0. The Labute approximate surface area is 69.8 Å². The summed E-state index contributed by atoms with van der Waals surface area (Å²) in [5.74, 6) is -1.04. The number of carboxylic acids is 1. The molecule has 0 aromatic heterocycles. The first-order valence-corrected chi connectivity index (χ1v) is 3.48. The molecule has 1 unspecified atom stereocenters. The van der Waals surface area contributed by atoms with E-state index in [1.807, 2.05) is 0 Å². The summed E-state index contributed by atoms with van der Waals surface area (Å²) >= 11 is 0. The Morgan fingerprint density at radius 1 is 1.75 bits per heavy atom. The van der Waals surface area contributed by atoms with Crippen LogP contribution in [0.1, 0.15) is 20.3 Å². The molecule has 0 saturated heterocycles. The number of nitrogens with zero attached hydrogens (tertiary/aromatic N) is 1. The van der Waals surface area contributed by atoms with Crippen molar-refractivity contribution in [1.82, 2.24) is 0 Å². The van der Waals surface area contributed by atoms with Crippen molar-refractivity contribution in [2.45, 2.75) is 26.3 Å². The first-order valence-electron chi connectivity index (χ1n) is 3.48. The van der Waals surface area contributed by atoms with Gasteiger partial charge in [0, 0.05) is 23.8 Å². The molecule has 0 fully saturated rings. The molecule has 0 aliphatic heterocycles. The highest BCUT2D eigenvalue weighted by Crippen LogP contribution is 2.01. The predicted molar refractivity (Wildman–Crippen MR) is 42.5 cm³/mol. The molecule has 0 spiro atoms. The van der Waals surface area contributed by atoms with Gasteiger partial charge in [-0.15, -0.1) is 0 Å². The maximum atomic E-state index is 10.2. The Kier molecular flexibility index (Phi) is 3.96. The van der Waals surface area contributed by atoms with Crippen molar-refractivity contribution in [3.05, 3.63) is 21.8 Å². The summed E-state index contributed by atoms with van der Waals surface area (Å²) in [4.78, 5) is 19.9. The summed E-state index contributed by atoms with van der Waals surface area (Å²) in [5.41, 5.74) is 0.142. The summed E-state index contributed by atoms with van der Waals surface area (Å²) in [6.07, 6.45) is 1.51. The van der Waals surface area contributed by atoms with E-state index in [2.05, 4.69) is 0 Å². The van der Waals surface area contributed by atoms with Crippen LogP contribution in [0, 0.1) is 10.1 Å². The number of hydrogen-bond donors (Lipinski definition) is 1. The van der Waals surface area contributed by atoms with Crippen LogP contribution >= 0.6 is 0 Å². The van der Waals surface area contributed by atoms with Gasteiger partial charge in [0.1, 0.15) is 0 Å². The fraction of sp³-hybridized carbons (Fsp3) is 0.571. The number of hydrogen-bond acceptors (Lipinski definition) is 3. The zero-order valence-electron chi connectivity index (χ0n) is 6.98. The number of aliphatic carboxylic acids is 1. The fourth-order valence-electron chi connectivity index (χ4n) is 0.521. The van der Waals surface area contributed by atoms with Crippen molar-refractivity contribution in [1.29, 1.82) is 0 Å². The molecule has 0 amide bonds. The second-order valence-electron chi connectivity index (χ2n) is 2.56. The Bertz CT molecular complexity index is 221. The van der Waals surface area contributed by atoms with Crippen LogP contribution in [0.15, 0.2) is 11.6 Å². The molecule has 0 radical (unpaired) electrons. The van der Waals surface area contributed by atoms with Crippen LogP contribution in [0.2, 0.25) is 0 Å². The first kappa shape index (κ1) is 10.6. The highest BCUT2D eigenvalue weighted by Gasteiger charge is 2.11. The minimum atomic E-state index is -1.04. The molecule has 0 aromatic carbocycles. The predicted octanol–water partition coefficient (Wildman–Crippen LogP) is 1.07. The van der Waals surface area contributed by atoms with Gasteiger partial charge in [-0.05, 0) is 6.92 Å². The largest absolute Gasteiger partial charge is 0.478 e. The van der Waals surface area contributed by atoms with E-state index in [1.165, 1.54) is 19.9 Å². The zero-order valence-corrected chi connectivity index (χ0v) is 6.98. The van der Waals surface area contributed by atoms with Gasteiger partial charge in [0.2, 0.25) is 6.04 Å². The quantitative estimate of drug-likeness (QED) is 0.391. The number of carboxylic acid groups (broad SMARTS) is 1. The molecule has 12 heavy (non-hydrogen) atoms. The topological polar surface area (TPSA) is 80.4 Å². The van der Waals surface area contributed by atoms with Gasteiger partial charge in [0.25, 0.3) is 0 Å². The Morgan fingerprint density at radius 3 is 2.58 bits per heavy atom. The minimum Gasteiger partial charge on any atom is -0.478 e. The summed E-state index contributed by atoms with van der Waals surface area (Å²) in [6.45, 7) is 2.85. The lowest BCUT2D eigenvalue weighted by atomic mass is 10.2. The van der Waals surface area contributed by atoms with Crippen molar-refractivity contribution in [3.63, 3.8) is 0 Å². The average molecular weight is 173 g/mol. The van der Waals surface area contributed by atoms with Crippen LogP contribution in [0.3, 0.4) is 0 Å². The highest BCUT2D eigenvalue weighted by atomic mass is 16.6. The zero-order chi connectivity index (χ0) is 9.72. The van der Waals surface area contributed by atoms with Gasteiger partial charge in [0.05, 0.1) is 0 Å². The van der Waals surface area contributed by atoms with Crippen LogP contribution in [0.4, 0.5) is 0 Å². The Hall–Kier alpha value is -1.39. The maximum Gasteiger partial charge on any atom is 0.330 e. The van der Waals surface area contributed by atoms with Gasteiger partial charge in [0.15, 0.2) is 0 Å². The molecule has 0 saturated carbocycles. The van der Waals surface area contributed by atoms with Gasteiger partial charge in [-0.2, -0.15) is 0 Å². The maximum absolute atomic E-state index is 10.2. The van der Waals surface area contributed by atoms with Gasteiger partial charge in [-0.1, -0.05) is 6.08 Å². The van der Waals surface area contributed by atoms with E-state index in [-0.39, 0.29) is 12.0 Å². The average Bonchev–Trinajstić information content (AvgIpc) is 1.98. The molecule has 0 aliphatic carbocycles.